The Labute approximate surface area is 59.7 Å². The van der Waals surface area contributed by atoms with E-state index < -0.39 is 5.41 Å². The van der Waals surface area contributed by atoms with Gasteiger partial charge in [-0.05, 0) is 0 Å². The van der Waals surface area contributed by atoms with Gasteiger partial charge < -0.3 is 4.65 Å². The Bertz CT molecular complexity index is 195. The van der Waals surface area contributed by atoms with E-state index in [2.05, 4.69) is 0 Å². The highest BCUT2D eigenvalue weighted by Crippen LogP contribution is 2.11. The summed E-state index contributed by atoms with van der Waals surface area (Å²) in [5, 5.41) is 25.1. The quantitative estimate of drug-likeness (QED) is 0.446. The minimum Gasteiger partial charge on any atom is -0.596 e. The first-order valence-electron chi connectivity index (χ1n) is 2.06. The van der Waals surface area contributed by atoms with Gasteiger partial charge in [0.1, 0.15) is 18.2 Å². The summed E-state index contributed by atoms with van der Waals surface area (Å²) in [5.74, 6) is 0. The lowest BCUT2D eigenvalue weighted by Gasteiger charge is -2.09. The molecule has 50 valence electrons. The van der Waals surface area contributed by atoms with Crippen LogP contribution in [0.2, 0.25) is 0 Å². The van der Waals surface area contributed by atoms with Crippen molar-refractivity contribution in [1.29, 1.82) is 15.8 Å². The van der Waals surface area contributed by atoms with Crippen molar-refractivity contribution in [3.8, 4) is 18.2 Å². The highest BCUT2D eigenvalue weighted by Gasteiger charge is 2.28. The molecule has 0 rings (SSSR count). The van der Waals surface area contributed by atoms with Crippen LogP contribution in [0.3, 0.4) is 0 Å². The molecule has 0 fully saturated rings. The Morgan fingerprint density at radius 3 is 1.70 bits per heavy atom. The molecule has 0 atom stereocenters. The molecule has 0 bridgehead atoms. The van der Waals surface area contributed by atoms with E-state index in [0.717, 1.165) is 0 Å². The zero-order valence-corrected chi connectivity index (χ0v) is 4.46. The summed E-state index contributed by atoms with van der Waals surface area (Å²) < 4.78 is 4.76. The molecule has 0 heterocycles. The van der Waals surface area contributed by atoms with Crippen LogP contribution >= 0.6 is 0 Å². The van der Waals surface area contributed by atoms with Crippen LogP contribution in [0.4, 0.5) is 0 Å². The standard InChI is InChI=1S/C5H5BN3O/c6-10-4-5(1-7,2-8)3-9/h4H2,6H3/q-1. The molecule has 4 nitrogen and oxygen atoms in total. The van der Waals surface area contributed by atoms with Gasteiger partial charge in [0, 0.05) is 6.61 Å². The van der Waals surface area contributed by atoms with Gasteiger partial charge >= 0.3 is 0 Å². The van der Waals surface area contributed by atoms with Crippen molar-refractivity contribution < 1.29 is 4.65 Å². The Kier molecular flexibility index (Phi) is 2.98. The smallest absolute Gasteiger partial charge is 0.247 e. The third-order valence-electron chi connectivity index (χ3n) is 0.789. The molecule has 5 heteroatoms. The Morgan fingerprint density at radius 1 is 1.20 bits per heavy atom. The minimum absolute atomic E-state index is 0.0590. The van der Waals surface area contributed by atoms with Crippen LogP contribution in [-0.2, 0) is 4.65 Å². The molecule has 0 spiro atoms. The molecular weight excluding hydrogens is 129 g/mol. The second-order valence-electron chi connectivity index (χ2n) is 1.39. The molecule has 0 aliphatic heterocycles. The van der Waals surface area contributed by atoms with Gasteiger partial charge in [0.2, 0.25) is 5.41 Å². The second-order valence-corrected chi connectivity index (χ2v) is 1.39. The highest BCUT2D eigenvalue weighted by molar-refractivity contribution is 5.98. The van der Waals surface area contributed by atoms with Crippen molar-refractivity contribution in [2.45, 2.75) is 0 Å². The van der Waals surface area contributed by atoms with E-state index in [-0.39, 0.29) is 14.7 Å². The fourth-order valence-electron chi connectivity index (χ4n) is 0.172. The van der Waals surface area contributed by atoms with Crippen LogP contribution in [0, 0.1) is 39.4 Å². The average molecular weight is 134 g/mol. The number of nitriles is 3. The van der Waals surface area contributed by atoms with E-state index in [1.807, 2.05) is 0 Å². The fourth-order valence-corrected chi connectivity index (χ4v) is 0.172. The first-order chi connectivity index (χ1) is 4.74. The van der Waals surface area contributed by atoms with Gasteiger partial charge in [0.05, 0.1) is 8.05 Å². The first-order valence-corrected chi connectivity index (χ1v) is 2.06. The molecule has 0 radical (unpaired) electrons. The summed E-state index contributed by atoms with van der Waals surface area (Å²) in [4.78, 5) is 0. The van der Waals surface area contributed by atoms with E-state index in [4.69, 9.17) is 20.4 Å². The molecule has 0 N–H and O–H groups in total. The van der Waals surface area contributed by atoms with E-state index >= 15 is 0 Å². The maximum absolute atomic E-state index is 8.36. The van der Waals surface area contributed by atoms with Crippen molar-refractivity contribution in [2.24, 2.45) is 5.41 Å². The molecule has 10 heavy (non-hydrogen) atoms. The molecule has 0 aliphatic carbocycles. The molecule has 0 aliphatic rings. The van der Waals surface area contributed by atoms with E-state index in [0.29, 0.717) is 0 Å². The largest absolute Gasteiger partial charge is 0.596 e. The SMILES string of the molecule is [BH3-]OCC(C#N)(C#N)C#N. The summed E-state index contributed by atoms with van der Waals surface area (Å²) in [6.07, 6.45) is 0. The average Bonchev–Trinajstić information content (AvgIpc) is 2.01. The van der Waals surface area contributed by atoms with E-state index in [9.17, 15) is 0 Å². The molecular formula is C5H5BN3O-. The molecule has 0 amide bonds. The van der Waals surface area contributed by atoms with Gasteiger partial charge in [0.15, 0.2) is 0 Å². The van der Waals surface area contributed by atoms with Gasteiger partial charge in [-0.1, -0.05) is 0 Å². The van der Waals surface area contributed by atoms with Gasteiger partial charge in [-0.3, -0.25) is 0 Å². The predicted molar refractivity (Wildman–Crippen MR) is 35.2 cm³/mol. The van der Waals surface area contributed by atoms with Gasteiger partial charge in [-0.15, -0.1) is 0 Å². The highest BCUT2D eigenvalue weighted by atomic mass is 16.4. The number of nitrogens with zero attached hydrogens (tertiary/aromatic N) is 3. The van der Waals surface area contributed by atoms with Crippen LogP contribution in [0.5, 0.6) is 0 Å². The summed E-state index contributed by atoms with van der Waals surface area (Å²) >= 11 is 0. The van der Waals surface area contributed by atoms with Crippen LogP contribution in [-0.4, -0.2) is 14.7 Å². The molecule has 0 saturated carbocycles. The number of hydrogen-bond acceptors (Lipinski definition) is 4. The van der Waals surface area contributed by atoms with Crippen LogP contribution < -0.4 is 0 Å². The monoisotopic (exact) mass is 134 g/mol. The number of rotatable bonds is 2. The zero-order valence-electron chi connectivity index (χ0n) is 4.46. The third-order valence-corrected chi connectivity index (χ3v) is 0.789. The van der Waals surface area contributed by atoms with Crippen LogP contribution in [0.15, 0.2) is 0 Å². The van der Waals surface area contributed by atoms with Crippen LogP contribution in [0.25, 0.3) is 0 Å². The summed E-state index contributed by atoms with van der Waals surface area (Å²) in [7, 11) is -0.293. The lowest BCUT2D eigenvalue weighted by atomic mass is 9.95. The van der Waals surface area contributed by atoms with Crippen molar-refractivity contribution in [3.05, 3.63) is 0 Å². The lowest BCUT2D eigenvalue weighted by Crippen LogP contribution is -2.20. The Balaban J connectivity index is 4.45. The molecule has 0 aromatic heterocycles. The summed E-state index contributed by atoms with van der Waals surface area (Å²) in [6.45, 7) is -0.0590. The molecule has 0 unspecified atom stereocenters. The minimum atomic E-state index is -1.57. The summed E-state index contributed by atoms with van der Waals surface area (Å²) in [5.41, 5.74) is -1.57. The van der Waals surface area contributed by atoms with Gasteiger partial charge in [-0.2, -0.15) is 15.8 Å². The van der Waals surface area contributed by atoms with Crippen molar-refractivity contribution in [1.82, 2.24) is 0 Å². The van der Waals surface area contributed by atoms with Gasteiger partial charge in [0.25, 0.3) is 0 Å². The normalized spacial score (nSPS) is 9.00. The maximum Gasteiger partial charge on any atom is 0.247 e. The third kappa shape index (κ3) is 1.48. The van der Waals surface area contributed by atoms with E-state index in [1.165, 1.54) is 0 Å². The molecule has 0 aromatic rings. The fraction of sp³-hybridized carbons (Fsp3) is 0.400. The molecule has 0 saturated heterocycles. The first kappa shape index (κ1) is 8.49. The summed E-state index contributed by atoms with van der Waals surface area (Å²) in [6, 6.07) is 4.83. The van der Waals surface area contributed by atoms with Gasteiger partial charge in [-0.25, -0.2) is 0 Å². The zero-order chi connectivity index (χ0) is 8.04. The topological polar surface area (TPSA) is 80.6 Å². The predicted octanol–water partition coefficient (Wildman–Crippen LogP) is -1.16. The lowest BCUT2D eigenvalue weighted by molar-refractivity contribution is 0.297. The van der Waals surface area contributed by atoms with Crippen molar-refractivity contribution in [2.75, 3.05) is 6.61 Å². The second kappa shape index (κ2) is 3.51. The van der Waals surface area contributed by atoms with E-state index in [1.54, 1.807) is 18.2 Å². The number of hydrogen-bond donors (Lipinski definition) is 0. The van der Waals surface area contributed by atoms with Crippen molar-refractivity contribution >= 4 is 8.05 Å². The van der Waals surface area contributed by atoms with Crippen LogP contribution in [0.1, 0.15) is 0 Å². The molecule has 0 aromatic carbocycles. The Hall–Kier alpha value is -1.51. The maximum atomic E-state index is 8.36. The van der Waals surface area contributed by atoms with Crippen molar-refractivity contribution in [3.63, 3.8) is 0 Å². The Morgan fingerprint density at radius 2 is 1.60 bits per heavy atom.